The second-order valence-electron chi connectivity index (χ2n) is 3.31. The summed E-state index contributed by atoms with van der Waals surface area (Å²) in [6, 6.07) is 5.20. The fourth-order valence-corrected chi connectivity index (χ4v) is 3.22. The normalized spacial score (nSPS) is 11.4. The molecule has 0 saturated carbocycles. The SMILES string of the molecule is Cc1cnc(NS(=O)(=O)c2ccccc2F)s1. The number of nitrogens with zero attached hydrogens (tertiary/aromatic N) is 1. The molecule has 1 N–H and O–H groups in total. The van der Waals surface area contributed by atoms with Gasteiger partial charge in [0, 0.05) is 11.1 Å². The molecule has 0 aliphatic rings. The van der Waals surface area contributed by atoms with Crippen molar-refractivity contribution in [3.63, 3.8) is 0 Å². The molecule has 0 saturated heterocycles. The van der Waals surface area contributed by atoms with Crippen molar-refractivity contribution >= 4 is 26.5 Å². The van der Waals surface area contributed by atoms with Crippen LogP contribution in [0.1, 0.15) is 4.88 Å². The third-order valence-corrected chi connectivity index (χ3v) is 4.30. The van der Waals surface area contributed by atoms with Crippen molar-refractivity contribution in [1.82, 2.24) is 4.98 Å². The maximum Gasteiger partial charge on any atom is 0.266 e. The number of halogens is 1. The van der Waals surface area contributed by atoms with Gasteiger partial charge in [0.05, 0.1) is 0 Å². The van der Waals surface area contributed by atoms with Crippen molar-refractivity contribution in [2.24, 2.45) is 0 Å². The number of anilines is 1. The predicted molar refractivity (Wildman–Crippen MR) is 64.1 cm³/mol. The fraction of sp³-hybridized carbons (Fsp3) is 0.100. The van der Waals surface area contributed by atoms with Crippen LogP contribution in [-0.2, 0) is 10.0 Å². The predicted octanol–water partition coefficient (Wildman–Crippen LogP) is 2.39. The van der Waals surface area contributed by atoms with Crippen molar-refractivity contribution < 1.29 is 12.8 Å². The first-order valence-corrected chi connectivity index (χ1v) is 6.99. The third kappa shape index (κ3) is 2.62. The molecule has 0 spiro atoms. The average molecular weight is 272 g/mol. The summed E-state index contributed by atoms with van der Waals surface area (Å²) in [7, 11) is -3.91. The van der Waals surface area contributed by atoms with E-state index >= 15 is 0 Å². The van der Waals surface area contributed by atoms with Crippen LogP contribution in [0.15, 0.2) is 35.4 Å². The van der Waals surface area contributed by atoms with Crippen LogP contribution < -0.4 is 4.72 Å². The standard InChI is InChI=1S/C10H9FN2O2S2/c1-7-6-12-10(16-7)13-17(14,15)9-5-3-2-4-8(9)11/h2-6H,1H3,(H,12,13). The summed E-state index contributed by atoms with van der Waals surface area (Å²) in [5.74, 6) is -0.784. The first-order valence-electron chi connectivity index (χ1n) is 4.69. The van der Waals surface area contributed by atoms with Gasteiger partial charge in [0.15, 0.2) is 5.13 Å². The molecule has 0 radical (unpaired) electrons. The zero-order valence-electron chi connectivity index (χ0n) is 8.84. The summed E-state index contributed by atoms with van der Waals surface area (Å²) < 4.78 is 39.3. The van der Waals surface area contributed by atoms with Crippen molar-refractivity contribution in [2.75, 3.05) is 4.72 Å². The number of benzene rings is 1. The van der Waals surface area contributed by atoms with Gasteiger partial charge in [-0.2, -0.15) is 0 Å². The van der Waals surface area contributed by atoms with Crippen LogP contribution in [0.4, 0.5) is 9.52 Å². The lowest BCUT2D eigenvalue weighted by Gasteiger charge is -2.05. The Kier molecular flexibility index (Phi) is 3.12. The molecular weight excluding hydrogens is 263 g/mol. The number of hydrogen-bond donors (Lipinski definition) is 1. The van der Waals surface area contributed by atoms with Crippen LogP contribution in [0.3, 0.4) is 0 Å². The number of thiazole rings is 1. The Morgan fingerprint density at radius 1 is 1.35 bits per heavy atom. The van der Waals surface area contributed by atoms with Gasteiger partial charge in [0.25, 0.3) is 10.0 Å². The Bertz CT molecular complexity index is 637. The summed E-state index contributed by atoms with van der Waals surface area (Å²) in [5.41, 5.74) is 0. The number of aryl methyl sites for hydroxylation is 1. The summed E-state index contributed by atoms with van der Waals surface area (Å²) in [6.45, 7) is 1.80. The van der Waals surface area contributed by atoms with E-state index < -0.39 is 15.8 Å². The second kappa shape index (κ2) is 4.42. The van der Waals surface area contributed by atoms with Gasteiger partial charge >= 0.3 is 0 Å². The van der Waals surface area contributed by atoms with Crippen LogP contribution in [0, 0.1) is 12.7 Å². The smallest absolute Gasteiger partial charge is 0.255 e. The fourth-order valence-electron chi connectivity index (χ4n) is 1.23. The number of nitrogens with one attached hydrogen (secondary N) is 1. The lowest BCUT2D eigenvalue weighted by Crippen LogP contribution is -2.14. The van der Waals surface area contributed by atoms with E-state index in [-0.39, 0.29) is 10.0 Å². The van der Waals surface area contributed by atoms with E-state index in [9.17, 15) is 12.8 Å². The highest BCUT2D eigenvalue weighted by atomic mass is 32.2. The van der Waals surface area contributed by atoms with Gasteiger partial charge < -0.3 is 0 Å². The van der Waals surface area contributed by atoms with E-state index in [1.165, 1.54) is 29.5 Å². The van der Waals surface area contributed by atoms with E-state index in [4.69, 9.17) is 0 Å². The molecule has 7 heteroatoms. The van der Waals surface area contributed by atoms with E-state index in [2.05, 4.69) is 9.71 Å². The van der Waals surface area contributed by atoms with Gasteiger partial charge in [-0.15, -0.1) is 11.3 Å². The van der Waals surface area contributed by atoms with Crippen LogP contribution in [0.2, 0.25) is 0 Å². The third-order valence-electron chi connectivity index (χ3n) is 1.97. The largest absolute Gasteiger partial charge is 0.266 e. The van der Waals surface area contributed by atoms with Crippen LogP contribution >= 0.6 is 11.3 Å². The first kappa shape index (κ1) is 12.0. The van der Waals surface area contributed by atoms with E-state index in [1.54, 1.807) is 13.1 Å². The molecule has 0 aliphatic carbocycles. The summed E-state index contributed by atoms with van der Waals surface area (Å²) in [4.78, 5) is 4.35. The summed E-state index contributed by atoms with van der Waals surface area (Å²) in [6.07, 6.45) is 1.55. The maximum atomic E-state index is 13.4. The van der Waals surface area contributed by atoms with Gasteiger partial charge in [-0.3, -0.25) is 4.72 Å². The van der Waals surface area contributed by atoms with Crippen LogP contribution in [-0.4, -0.2) is 13.4 Å². The lowest BCUT2D eigenvalue weighted by atomic mass is 10.4. The molecule has 1 aromatic heterocycles. The van der Waals surface area contributed by atoms with Gasteiger partial charge in [0.2, 0.25) is 0 Å². The Morgan fingerprint density at radius 3 is 2.65 bits per heavy atom. The minimum Gasteiger partial charge on any atom is -0.255 e. The molecule has 90 valence electrons. The second-order valence-corrected chi connectivity index (χ2v) is 6.20. The molecule has 0 amide bonds. The van der Waals surface area contributed by atoms with Crippen molar-refractivity contribution in [2.45, 2.75) is 11.8 Å². The number of hydrogen-bond acceptors (Lipinski definition) is 4. The maximum absolute atomic E-state index is 13.4. The average Bonchev–Trinajstić information content (AvgIpc) is 2.63. The molecule has 0 unspecified atom stereocenters. The minimum atomic E-state index is -3.91. The van der Waals surface area contributed by atoms with Crippen LogP contribution in [0.5, 0.6) is 0 Å². The van der Waals surface area contributed by atoms with Crippen molar-refractivity contribution in [3.8, 4) is 0 Å². The Morgan fingerprint density at radius 2 is 2.06 bits per heavy atom. The molecular formula is C10H9FN2O2S2. The Balaban J connectivity index is 2.35. The van der Waals surface area contributed by atoms with E-state index in [0.29, 0.717) is 0 Å². The van der Waals surface area contributed by atoms with Gasteiger partial charge in [-0.05, 0) is 19.1 Å². The van der Waals surface area contributed by atoms with Gasteiger partial charge in [-0.1, -0.05) is 12.1 Å². The number of rotatable bonds is 3. The first-order chi connectivity index (χ1) is 7.99. The molecule has 4 nitrogen and oxygen atoms in total. The van der Waals surface area contributed by atoms with Crippen molar-refractivity contribution in [3.05, 3.63) is 41.2 Å². The Labute approximate surface area is 102 Å². The van der Waals surface area contributed by atoms with Gasteiger partial charge in [-0.25, -0.2) is 17.8 Å². The van der Waals surface area contributed by atoms with Crippen molar-refractivity contribution in [1.29, 1.82) is 0 Å². The van der Waals surface area contributed by atoms with Gasteiger partial charge in [0.1, 0.15) is 10.7 Å². The van der Waals surface area contributed by atoms with E-state index in [1.807, 2.05) is 0 Å². The van der Waals surface area contributed by atoms with Crippen LogP contribution in [0.25, 0.3) is 0 Å². The summed E-state index contributed by atoms with van der Waals surface area (Å²) in [5, 5.41) is 0.228. The van der Waals surface area contributed by atoms with E-state index in [0.717, 1.165) is 10.9 Å². The zero-order chi connectivity index (χ0) is 12.5. The monoisotopic (exact) mass is 272 g/mol. The molecule has 0 aliphatic heterocycles. The number of sulfonamides is 1. The topological polar surface area (TPSA) is 59.1 Å². The summed E-state index contributed by atoms with van der Waals surface area (Å²) >= 11 is 1.19. The molecule has 2 aromatic rings. The number of aromatic nitrogens is 1. The molecule has 0 atom stereocenters. The highest BCUT2D eigenvalue weighted by molar-refractivity contribution is 7.93. The highest BCUT2D eigenvalue weighted by Gasteiger charge is 2.19. The zero-order valence-corrected chi connectivity index (χ0v) is 10.5. The minimum absolute atomic E-state index is 0.228. The Hall–Kier alpha value is -1.47. The molecule has 1 aromatic carbocycles. The molecule has 0 bridgehead atoms. The lowest BCUT2D eigenvalue weighted by molar-refractivity contribution is 0.570. The highest BCUT2D eigenvalue weighted by Crippen LogP contribution is 2.22. The molecule has 17 heavy (non-hydrogen) atoms. The molecule has 1 heterocycles. The molecule has 2 rings (SSSR count). The quantitative estimate of drug-likeness (QED) is 0.933. The molecule has 0 fully saturated rings.